The predicted molar refractivity (Wildman–Crippen MR) is 73.6 cm³/mol. The van der Waals surface area contributed by atoms with Crippen molar-refractivity contribution in [1.82, 2.24) is 10.3 Å². The Balaban J connectivity index is 2.20. The van der Waals surface area contributed by atoms with Gasteiger partial charge in [0, 0.05) is 12.1 Å². The molecule has 2 unspecified atom stereocenters. The van der Waals surface area contributed by atoms with E-state index in [0.29, 0.717) is 0 Å². The van der Waals surface area contributed by atoms with Crippen molar-refractivity contribution in [1.29, 1.82) is 0 Å². The van der Waals surface area contributed by atoms with Crippen LogP contribution in [0.15, 0.2) is 12.3 Å². The number of nitro groups is 1. The maximum absolute atomic E-state index is 12.2. The van der Waals surface area contributed by atoms with Crippen LogP contribution in [0.2, 0.25) is 5.15 Å². The summed E-state index contributed by atoms with van der Waals surface area (Å²) in [4.78, 5) is 26.1. The number of halogens is 1. The van der Waals surface area contributed by atoms with Crippen LogP contribution in [-0.2, 0) is 0 Å². The van der Waals surface area contributed by atoms with Crippen LogP contribution in [0.3, 0.4) is 0 Å². The number of carbonyl (C=O) groups excluding carboxylic acids is 1. The van der Waals surface area contributed by atoms with E-state index in [-0.39, 0.29) is 28.5 Å². The van der Waals surface area contributed by atoms with Crippen LogP contribution < -0.4 is 11.1 Å². The summed E-state index contributed by atoms with van der Waals surface area (Å²) >= 11 is 5.70. The lowest BCUT2D eigenvalue weighted by Crippen LogP contribution is -2.49. The van der Waals surface area contributed by atoms with Crippen molar-refractivity contribution in [2.24, 2.45) is 5.73 Å². The van der Waals surface area contributed by atoms with Crippen molar-refractivity contribution in [3.63, 3.8) is 0 Å². The molecule has 2 atom stereocenters. The molecule has 1 aliphatic rings. The summed E-state index contributed by atoms with van der Waals surface area (Å²) in [5.74, 6) is -0.539. The summed E-state index contributed by atoms with van der Waals surface area (Å²) in [6.07, 6.45) is 4.62. The van der Waals surface area contributed by atoms with Gasteiger partial charge in [0.25, 0.3) is 11.6 Å². The summed E-state index contributed by atoms with van der Waals surface area (Å²) in [7, 11) is 0. The molecule has 1 amide bonds. The summed E-state index contributed by atoms with van der Waals surface area (Å²) in [6, 6.07) is 0.912. The van der Waals surface area contributed by atoms with E-state index in [4.69, 9.17) is 17.3 Å². The summed E-state index contributed by atoms with van der Waals surface area (Å²) in [6.45, 7) is 0. The molecule has 3 N–H and O–H groups in total. The van der Waals surface area contributed by atoms with Crippen molar-refractivity contribution in [2.75, 3.05) is 0 Å². The van der Waals surface area contributed by atoms with E-state index in [1.807, 2.05) is 0 Å². The molecule has 0 radical (unpaired) electrons. The lowest BCUT2D eigenvalue weighted by atomic mass is 9.91. The van der Waals surface area contributed by atoms with Crippen LogP contribution in [0.1, 0.15) is 36.0 Å². The Bertz CT molecular complexity index is 537. The third-order valence-electron chi connectivity index (χ3n) is 3.43. The smallest absolute Gasteiger partial charge is 0.300 e. The van der Waals surface area contributed by atoms with Gasteiger partial charge in [-0.3, -0.25) is 14.9 Å². The van der Waals surface area contributed by atoms with Crippen LogP contribution >= 0.6 is 11.6 Å². The van der Waals surface area contributed by atoms with Crippen LogP contribution in [-0.4, -0.2) is 27.9 Å². The Hall–Kier alpha value is -1.73. The highest BCUT2D eigenvalue weighted by molar-refractivity contribution is 6.29. The molecule has 0 aromatic carbocycles. The number of aromatic nitrogens is 1. The number of pyridine rings is 1. The van der Waals surface area contributed by atoms with Gasteiger partial charge in [-0.25, -0.2) is 4.98 Å². The molecule has 1 heterocycles. The first-order valence-electron chi connectivity index (χ1n) is 6.35. The predicted octanol–water partition coefficient (Wildman–Crippen LogP) is 1.64. The second-order valence-electron chi connectivity index (χ2n) is 4.81. The van der Waals surface area contributed by atoms with Gasteiger partial charge in [0.1, 0.15) is 16.9 Å². The number of nitrogens with two attached hydrogens (primary N) is 1. The van der Waals surface area contributed by atoms with E-state index in [1.165, 1.54) is 6.07 Å². The molecule has 1 saturated carbocycles. The molecule has 2 rings (SSSR count). The standard InChI is InChI=1S/C12H15ClN4O3/c13-11-5-7(10(6-15-11)17(19)20)12(18)16-9-4-2-1-3-8(9)14/h5-6,8-9H,1-4,14H2,(H,16,18). The van der Waals surface area contributed by atoms with Crippen LogP contribution in [0.25, 0.3) is 0 Å². The molecule has 1 aromatic rings. The van der Waals surface area contributed by atoms with E-state index in [0.717, 1.165) is 31.9 Å². The van der Waals surface area contributed by atoms with Gasteiger partial charge in [0.15, 0.2) is 0 Å². The third kappa shape index (κ3) is 3.23. The fourth-order valence-corrected chi connectivity index (χ4v) is 2.49. The van der Waals surface area contributed by atoms with Crippen LogP contribution in [0.5, 0.6) is 0 Å². The Morgan fingerprint density at radius 2 is 2.20 bits per heavy atom. The monoisotopic (exact) mass is 298 g/mol. The molecule has 20 heavy (non-hydrogen) atoms. The Morgan fingerprint density at radius 1 is 1.50 bits per heavy atom. The number of nitrogens with zero attached hydrogens (tertiary/aromatic N) is 2. The first-order valence-corrected chi connectivity index (χ1v) is 6.73. The number of carbonyl (C=O) groups is 1. The number of hydrogen-bond acceptors (Lipinski definition) is 5. The highest BCUT2D eigenvalue weighted by Gasteiger charge is 2.27. The van der Waals surface area contributed by atoms with Gasteiger partial charge in [0.05, 0.1) is 4.92 Å². The van der Waals surface area contributed by atoms with Gasteiger partial charge in [-0.05, 0) is 18.9 Å². The van der Waals surface area contributed by atoms with E-state index in [2.05, 4.69) is 10.3 Å². The molecule has 0 saturated heterocycles. The maximum atomic E-state index is 12.2. The van der Waals surface area contributed by atoms with E-state index in [9.17, 15) is 14.9 Å². The molecule has 0 spiro atoms. The molecule has 1 fully saturated rings. The fourth-order valence-electron chi connectivity index (χ4n) is 2.33. The van der Waals surface area contributed by atoms with Crippen molar-refractivity contribution >= 4 is 23.2 Å². The van der Waals surface area contributed by atoms with Gasteiger partial charge < -0.3 is 11.1 Å². The van der Waals surface area contributed by atoms with Gasteiger partial charge in [-0.1, -0.05) is 24.4 Å². The molecule has 0 bridgehead atoms. The SMILES string of the molecule is NC1CCCCC1NC(=O)c1cc(Cl)ncc1[N+](=O)[O-]. The second kappa shape index (κ2) is 6.15. The molecule has 8 heteroatoms. The Morgan fingerprint density at radius 3 is 2.85 bits per heavy atom. The van der Waals surface area contributed by atoms with Crippen LogP contribution in [0.4, 0.5) is 5.69 Å². The summed E-state index contributed by atoms with van der Waals surface area (Å²) in [5.41, 5.74) is 5.49. The average molecular weight is 299 g/mol. The molecule has 7 nitrogen and oxygen atoms in total. The molecular weight excluding hydrogens is 284 g/mol. The lowest BCUT2D eigenvalue weighted by molar-refractivity contribution is -0.385. The van der Waals surface area contributed by atoms with Crippen LogP contribution in [0, 0.1) is 10.1 Å². The highest BCUT2D eigenvalue weighted by Crippen LogP contribution is 2.22. The van der Waals surface area contributed by atoms with E-state index < -0.39 is 10.8 Å². The van der Waals surface area contributed by atoms with Crippen molar-refractivity contribution in [3.8, 4) is 0 Å². The minimum atomic E-state index is -0.654. The fraction of sp³-hybridized carbons (Fsp3) is 0.500. The first kappa shape index (κ1) is 14.7. The maximum Gasteiger partial charge on any atom is 0.300 e. The number of rotatable bonds is 3. The van der Waals surface area contributed by atoms with Gasteiger partial charge >= 0.3 is 0 Å². The average Bonchev–Trinajstić information content (AvgIpc) is 2.40. The largest absolute Gasteiger partial charge is 0.348 e. The van der Waals surface area contributed by atoms with E-state index in [1.54, 1.807) is 0 Å². The zero-order valence-corrected chi connectivity index (χ0v) is 11.5. The second-order valence-corrected chi connectivity index (χ2v) is 5.20. The lowest BCUT2D eigenvalue weighted by Gasteiger charge is -2.29. The highest BCUT2D eigenvalue weighted by atomic mass is 35.5. The van der Waals surface area contributed by atoms with E-state index >= 15 is 0 Å². The van der Waals surface area contributed by atoms with Gasteiger partial charge in [-0.15, -0.1) is 0 Å². The minimum absolute atomic E-state index is 0.0358. The molecular formula is C12H15ClN4O3. The van der Waals surface area contributed by atoms with Crippen molar-refractivity contribution in [3.05, 3.63) is 33.1 Å². The van der Waals surface area contributed by atoms with Crippen molar-refractivity contribution < 1.29 is 9.72 Å². The minimum Gasteiger partial charge on any atom is -0.348 e. The number of hydrogen-bond donors (Lipinski definition) is 2. The quantitative estimate of drug-likeness (QED) is 0.500. The van der Waals surface area contributed by atoms with Gasteiger partial charge in [-0.2, -0.15) is 0 Å². The normalized spacial score (nSPS) is 22.3. The molecule has 1 aromatic heterocycles. The van der Waals surface area contributed by atoms with Gasteiger partial charge in [0.2, 0.25) is 0 Å². The Labute approximate surface area is 120 Å². The molecule has 1 aliphatic carbocycles. The summed E-state index contributed by atoms with van der Waals surface area (Å²) < 4.78 is 0. The molecule has 108 valence electrons. The van der Waals surface area contributed by atoms with Crippen molar-refractivity contribution in [2.45, 2.75) is 37.8 Å². The topological polar surface area (TPSA) is 111 Å². The number of amides is 1. The summed E-state index contributed by atoms with van der Waals surface area (Å²) in [5, 5.41) is 13.7. The first-order chi connectivity index (χ1) is 9.49. The zero-order chi connectivity index (χ0) is 14.7. The third-order valence-corrected chi connectivity index (χ3v) is 3.63. The zero-order valence-electron chi connectivity index (χ0n) is 10.7. The molecule has 0 aliphatic heterocycles. The Kier molecular flexibility index (Phi) is 4.51. The number of nitrogens with one attached hydrogen (secondary N) is 1.